The highest BCUT2D eigenvalue weighted by Gasteiger charge is 2.28. The van der Waals surface area contributed by atoms with E-state index in [0.717, 1.165) is 44.5 Å². The van der Waals surface area contributed by atoms with Crippen LogP contribution in [-0.4, -0.2) is 97.7 Å². The molecule has 0 aromatic heterocycles. The fourth-order valence-corrected chi connectivity index (χ4v) is 10.1. The minimum absolute atomic E-state index is 0.0661. The predicted octanol–water partition coefficient (Wildman–Crippen LogP) is 12.6. The number of rotatable bonds is 0. The van der Waals surface area contributed by atoms with Crippen LogP contribution in [0.1, 0.15) is 99.9 Å². The minimum atomic E-state index is -0.851. The highest BCUT2D eigenvalue weighted by atomic mass is 16.5. The van der Waals surface area contributed by atoms with Gasteiger partial charge in [0.25, 0.3) is 0 Å². The van der Waals surface area contributed by atoms with Crippen LogP contribution in [0.5, 0.6) is 46.0 Å². The molecule has 8 aromatic carbocycles. The lowest BCUT2D eigenvalue weighted by atomic mass is 9.78. The number of hydrogen-bond acceptors (Lipinski definition) is 12. The van der Waals surface area contributed by atoms with Gasteiger partial charge < -0.3 is 58.3 Å². The summed E-state index contributed by atoms with van der Waals surface area (Å²) in [6, 6.07) is 63.1. The third-order valence-electron chi connectivity index (χ3n) is 16.1. The first-order chi connectivity index (χ1) is 40.2. The zero-order valence-electron chi connectivity index (χ0n) is 49.5. The maximum atomic E-state index is 10.8. The van der Waals surface area contributed by atoms with Crippen molar-refractivity contribution in [3.05, 3.63) is 239 Å². The van der Waals surface area contributed by atoms with Gasteiger partial charge in [-0.05, 0) is 142 Å². The van der Waals surface area contributed by atoms with E-state index in [4.69, 9.17) is 37.9 Å². The molecule has 12 nitrogen and oxygen atoms in total. The lowest BCUT2D eigenvalue weighted by molar-refractivity contribution is 0.0626. The van der Waals surface area contributed by atoms with Crippen molar-refractivity contribution < 1.29 is 58.3 Å². The van der Waals surface area contributed by atoms with Gasteiger partial charge in [0, 0.05) is 21.7 Å². The van der Waals surface area contributed by atoms with Crippen LogP contribution < -0.4 is 37.9 Å². The second-order valence-corrected chi connectivity index (χ2v) is 23.8. The molecule has 84 heavy (non-hydrogen) atoms. The van der Waals surface area contributed by atoms with Gasteiger partial charge in [-0.2, -0.15) is 0 Å². The van der Waals surface area contributed by atoms with E-state index in [0.29, 0.717) is 46.0 Å². The lowest BCUT2D eigenvalue weighted by Crippen LogP contribution is -2.25. The van der Waals surface area contributed by atoms with E-state index in [-0.39, 0.29) is 74.5 Å². The molecule has 0 saturated carbocycles. The molecule has 13 heterocycles. The second kappa shape index (κ2) is 26.7. The molecule has 0 saturated heterocycles. The summed E-state index contributed by atoms with van der Waals surface area (Å²) >= 11 is 0. The molecule has 21 rings (SSSR count). The summed E-state index contributed by atoms with van der Waals surface area (Å²) in [5.74, 6) is 5.14. The molecule has 13 aliphatic heterocycles. The molecule has 440 valence electrons. The molecule has 12 heteroatoms. The highest BCUT2D eigenvalue weighted by Crippen LogP contribution is 2.38. The molecule has 0 aliphatic carbocycles. The van der Waals surface area contributed by atoms with E-state index in [9.17, 15) is 20.4 Å². The van der Waals surface area contributed by atoms with Gasteiger partial charge in [-0.15, -0.1) is 0 Å². The summed E-state index contributed by atoms with van der Waals surface area (Å²) in [6.07, 6.45) is -3.40. The van der Waals surface area contributed by atoms with Crippen LogP contribution in [0.25, 0.3) is 0 Å². The lowest BCUT2D eigenvalue weighted by Gasteiger charge is -2.27. The smallest absolute Gasteiger partial charge is 0.122 e. The molecule has 0 spiro atoms. The van der Waals surface area contributed by atoms with Crippen molar-refractivity contribution in [2.24, 2.45) is 0 Å². The molecule has 16 bridgehead atoms. The van der Waals surface area contributed by atoms with Crippen LogP contribution >= 0.6 is 0 Å². The molecule has 0 fully saturated rings. The van der Waals surface area contributed by atoms with E-state index >= 15 is 0 Å². The van der Waals surface area contributed by atoms with Crippen molar-refractivity contribution in [2.75, 3.05) is 52.9 Å². The quantitative estimate of drug-likeness (QED) is 0.114. The van der Waals surface area contributed by atoms with Crippen LogP contribution in [-0.2, 0) is 21.7 Å². The zero-order valence-corrected chi connectivity index (χ0v) is 49.5. The molecule has 4 N–H and O–H groups in total. The summed E-state index contributed by atoms with van der Waals surface area (Å²) in [4.78, 5) is 0. The molecule has 0 atom stereocenters. The summed E-state index contributed by atoms with van der Waals surface area (Å²) in [5, 5.41) is 43.2. The number of aliphatic hydroxyl groups is 4. The summed E-state index contributed by atoms with van der Waals surface area (Å²) in [6.45, 7) is 17.8. The van der Waals surface area contributed by atoms with Gasteiger partial charge in [-0.1, -0.05) is 152 Å². The SMILES string of the molecule is CC1(C)c2ccc(cc2)OCC(O)COc2ccc(cc2)C(C)(C)c2ccc(cc2)OCC(O)COc2ccc(cc2)C(C)(C)c2ccc(cc2)OCC(O)COc2ccc(cc2)C(C)(C)c2ccc(cc2)OCC(O)COc2ccc1cc2. The van der Waals surface area contributed by atoms with Crippen LogP contribution in [0, 0.1) is 0 Å². The Balaban J connectivity index is 0.825. The van der Waals surface area contributed by atoms with Gasteiger partial charge >= 0.3 is 0 Å². The topological polar surface area (TPSA) is 155 Å². The number of benzene rings is 8. The monoisotopic (exact) mass is 1140 g/mol. The molecule has 0 unspecified atom stereocenters. The molecule has 0 amide bonds. The first-order valence-electron chi connectivity index (χ1n) is 28.8. The third kappa shape index (κ3) is 15.4. The van der Waals surface area contributed by atoms with E-state index in [1.165, 1.54) is 0 Å². The number of aliphatic hydroxyl groups excluding tert-OH is 4. The Morgan fingerprint density at radius 1 is 0.202 bits per heavy atom. The predicted molar refractivity (Wildman–Crippen MR) is 328 cm³/mol. The summed E-state index contributed by atoms with van der Waals surface area (Å²) in [5.41, 5.74) is 7.38. The van der Waals surface area contributed by atoms with E-state index in [2.05, 4.69) is 55.4 Å². The normalized spacial score (nSPS) is 20.4. The average molecular weight is 1140 g/mol. The van der Waals surface area contributed by atoms with Gasteiger partial charge in [0.2, 0.25) is 0 Å². The van der Waals surface area contributed by atoms with Gasteiger partial charge in [0.15, 0.2) is 0 Å². The largest absolute Gasteiger partial charge is 0.491 e. The van der Waals surface area contributed by atoms with Crippen molar-refractivity contribution in [2.45, 2.75) is 101 Å². The van der Waals surface area contributed by atoms with Crippen LogP contribution in [0.15, 0.2) is 194 Å². The Hall–Kier alpha value is -8.00. The highest BCUT2D eigenvalue weighted by molar-refractivity contribution is 5.46. The number of hydrogen-bond donors (Lipinski definition) is 4. The standard InChI is InChI=1S/C72H80O12/c1-69(2)49-9-25-61(26-10-49)77-41-57(73)43-79-63-29-13-51(14-30-63)70(3,4)53-17-33-65(34-18-53)81-45-59(75)47-83-67-37-21-55(22-38-67)72(7,8)56-23-39-68(40-24-56)84-48-60(76)46-82-66-35-19-54(20-36-66)71(5,6)52-15-31-64(32-16-52)80-44-58(74)42-78-62-27-11-50(69)12-28-62/h9-40,57-60,73-76H,41-48H2,1-8H3. The van der Waals surface area contributed by atoms with Gasteiger partial charge in [0.05, 0.1) is 0 Å². The Labute approximate surface area is 495 Å². The van der Waals surface area contributed by atoms with Crippen LogP contribution in [0.3, 0.4) is 0 Å². The van der Waals surface area contributed by atoms with Crippen molar-refractivity contribution in [3.8, 4) is 46.0 Å². The molecule has 8 aromatic rings. The van der Waals surface area contributed by atoms with Crippen molar-refractivity contribution >= 4 is 0 Å². The average Bonchev–Trinajstić information content (AvgIpc) is 3.65. The maximum absolute atomic E-state index is 10.8. The van der Waals surface area contributed by atoms with E-state index in [1.807, 2.05) is 194 Å². The Morgan fingerprint density at radius 2 is 0.298 bits per heavy atom. The fraction of sp³-hybridized carbons (Fsp3) is 0.333. The molecule has 13 aliphatic rings. The second-order valence-electron chi connectivity index (χ2n) is 23.8. The zero-order chi connectivity index (χ0) is 59.5. The first kappa shape index (κ1) is 60.6. The van der Waals surface area contributed by atoms with E-state index in [1.54, 1.807) is 0 Å². The Bertz CT molecular complexity index is 2640. The Kier molecular flexibility index (Phi) is 19.3. The van der Waals surface area contributed by atoms with Crippen molar-refractivity contribution in [3.63, 3.8) is 0 Å². The molecular weight excluding hydrogens is 1060 g/mol. The van der Waals surface area contributed by atoms with Crippen LogP contribution in [0.4, 0.5) is 0 Å². The summed E-state index contributed by atoms with van der Waals surface area (Å²) < 4.78 is 47.7. The first-order valence-corrected chi connectivity index (χ1v) is 28.8. The van der Waals surface area contributed by atoms with Crippen molar-refractivity contribution in [1.29, 1.82) is 0 Å². The summed E-state index contributed by atoms with van der Waals surface area (Å²) in [7, 11) is 0. The van der Waals surface area contributed by atoms with Crippen LogP contribution in [0.2, 0.25) is 0 Å². The maximum Gasteiger partial charge on any atom is 0.122 e. The number of ether oxygens (including phenoxy) is 8. The van der Waals surface area contributed by atoms with Gasteiger partial charge in [-0.25, -0.2) is 0 Å². The van der Waals surface area contributed by atoms with Gasteiger partial charge in [-0.3, -0.25) is 0 Å². The minimum Gasteiger partial charge on any atom is -0.491 e. The van der Waals surface area contributed by atoms with Gasteiger partial charge in [0.1, 0.15) is 123 Å². The van der Waals surface area contributed by atoms with Crippen molar-refractivity contribution in [1.82, 2.24) is 0 Å². The Morgan fingerprint density at radius 3 is 0.393 bits per heavy atom. The third-order valence-corrected chi connectivity index (χ3v) is 16.1. The van der Waals surface area contributed by atoms with E-state index < -0.39 is 24.4 Å². The molecule has 0 radical (unpaired) electrons. The molecular formula is C72H80O12. The fourth-order valence-electron chi connectivity index (χ4n) is 10.1.